The molecule has 4 aromatic rings. The fourth-order valence-electron chi connectivity index (χ4n) is 4.73. The number of halogens is 3. The number of benzene rings is 2. The van der Waals surface area contributed by atoms with E-state index in [-0.39, 0.29) is 19.6 Å². The number of rotatable bonds is 6. The van der Waals surface area contributed by atoms with Crippen LogP contribution in [0.2, 0.25) is 0 Å². The van der Waals surface area contributed by atoms with E-state index in [1.807, 2.05) is 47.4 Å². The van der Waals surface area contributed by atoms with E-state index in [2.05, 4.69) is 4.98 Å². The van der Waals surface area contributed by atoms with Gasteiger partial charge >= 0.3 is 21.4 Å². The van der Waals surface area contributed by atoms with Crippen molar-refractivity contribution in [3.63, 3.8) is 0 Å². The average Bonchev–Trinajstić information content (AvgIpc) is 3.38. The summed E-state index contributed by atoms with van der Waals surface area (Å²) in [6.07, 6.45) is 6.06. The molecule has 2 aromatic heterocycles. The zero-order chi connectivity index (χ0) is 25.5. The molecule has 0 N–H and O–H groups in total. The minimum Gasteiger partial charge on any atom is -0.432 e. The van der Waals surface area contributed by atoms with Gasteiger partial charge in [-0.15, -0.1) is 0 Å². The Morgan fingerprint density at radius 2 is 1.89 bits per heavy atom. The predicted octanol–water partition coefficient (Wildman–Crippen LogP) is 4.91. The summed E-state index contributed by atoms with van der Waals surface area (Å²) in [7, 11) is -5.53. The third-order valence-electron chi connectivity index (χ3n) is 6.60. The molecule has 0 aliphatic carbocycles. The molecule has 0 spiro atoms. The van der Waals surface area contributed by atoms with Crippen LogP contribution in [0, 0.1) is 6.92 Å². The molecule has 0 saturated heterocycles. The van der Waals surface area contributed by atoms with Gasteiger partial charge in [-0.2, -0.15) is 22.5 Å². The van der Waals surface area contributed by atoms with Crippen molar-refractivity contribution in [1.29, 1.82) is 0 Å². The SMILES string of the molecule is Cc1cccc2c1CN(S(=O)(=O)C(F)(F)F)C[C@@H](CCc1ccccc1)N2Cc1cn2ccoc2n1. The lowest BCUT2D eigenvalue weighted by molar-refractivity contribution is -0.0492. The number of hydrogen-bond donors (Lipinski definition) is 0. The Bertz CT molecular complexity index is 1440. The van der Waals surface area contributed by atoms with Gasteiger partial charge in [0.1, 0.15) is 6.26 Å². The number of anilines is 1. The maximum Gasteiger partial charge on any atom is 0.511 e. The van der Waals surface area contributed by atoms with Gasteiger partial charge < -0.3 is 9.32 Å². The number of aryl methyl sites for hydroxylation is 2. The molecular formula is C25H25F3N4O3S. The third kappa shape index (κ3) is 4.60. The quantitative estimate of drug-likeness (QED) is 0.363. The third-order valence-corrected chi connectivity index (χ3v) is 8.14. The molecule has 190 valence electrons. The molecule has 0 unspecified atom stereocenters. The summed E-state index contributed by atoms with van der Waals surface area (Å²) in [5.41, 5.74) is -1.71. The largest absolute Gasteiger partial charge is 0.511 e. The maximum atomic E-state index is 13.7. The second-order valence-corrected chi connectivity index (χ2v) is 10.9. The van der Waals surface area contributed by atoms with Crippen molar-refractivity contribution < 1.29 is 26.0 Å². The zero-order valence-electron chi connectivity index (χ0n) is 19.5. The van der Waals surface area contributed by atoms with Gasteiger partial charge in [-0.05, 0) is 42.5 Å². The fourth-order valence-corrected chi connectivity index (χ4v) is 5.69. The topological polar surface area (TPSA) is 71.1 Å². The van der Waals surface area contributed by atoms with Crippen LogP contribution in [0.25, 0.3) is 5.84 Å². The Morgan fingerprint density at radius 3 is 2.61 bits per heavy atom. The highest BCUT2D eigenvalue weighted by Gasteiger charge is 2.51. The Hall–Kier alpha value is -3.31. The lowest BCUT2D eigenvalue weighted by atomic mass is 10.0. The van der Waals surface area contributed by atoms with Crippen molar-refractivity contribution in [2.75, 3.05) is 11.4 Å². The van der Waals surface area contributed by atoms with Gasteiger partial charge in [-0.1, -0.05) is 42.5 Å². The fraction of sp³-hybridized carbons (Fsp3) is 0.320. The summed E-state index contributed by atoms with van der Waals surface area (Å²) in [5, 5.41) is 0. The number of hydrogen-bond acceptors (Lipinski definition) is 5. The first-order chi connectivity index (χ1) is 17.1. The molecule has 36 heavy (non-hydrogen) atoms. The van der Waals surface area contributed by atoms with Crippen LogP contribution in [0.3, 0.4) is 0 Å². The first kappa shape index (κ1) is 24.4. The number of alkyl halides is 3. The van der Waals surface area contributed by atoms with Crippen LogP contribution < -0.4 is 4.90 Å². The predicted molar refractivity (Wildman–Crippen MR) is 129 cm³/mol. The van der Waals surface area contributed by atoms with Crippen LogP contribution in [-0.4, -0.2) is 40.2 Å². The van der Waals surface area contributed by atoms with E-state index in [9.17, 15) is 21.6 Å². The van der Waals surface area contributed by atoms with Crippen molar-refractivity contribution in [2.45, 2.75) is 44.4 Å². The molecule has 2 aromatic carbocycles. The van der Waals surface area contributed by atoms with Gasteiger partial charge in [0.15, 0.2) is 0 Å². The standard InChI is InChI=1S/C25H25F3N4O3S/c1-18-6-5-9-23-22(18)17-31(36(33,34)25(26,27)28)16-21(11-10-19-7-3-2-4-8-19)32(23)15-20-14-30-12-13-35-24(30)29-20/h2-9,12-14,21H,10-11,15-17H2,1H3/t21-/m1/s1. The second-order valence-electron chi connectivity index (χ2n) is 8.95. The van der Waals surface area contributed by atoms with Crippen LogP contribution in [0.5, 0.6) is 0 Å². The molecule has 0 bridgehead atoms. The van der Waals surface area contributed by atoms with E-state index in [4.69, 9.17) is 4.42 Å². The van der Waals surface area contributed by atoms with Crippen molar-refractivity contribution in [3.05, 3.63) is 89.6 Å². The van der Waals surface area contributed by atoms with Gasteiger partial charge in [0.05, 0.1) is 12.2 Å². The minimum atomic E-state index is -5.53. The Kier molecular flexibility index (Phi) is 6.29. The minimum absolute atomic E-state index is 0.285. The Labute approximate surface area is 206 Å². The average molecular weight is 519 g/mol. The lowest BCUT2D eigenvalue weighted by Crippen LogP contribution is -2.47. The Balaban J connectivity index is 1.58. The van der Waals surface area contributed by atoms with Crippen molar-refractivity contribution in [2.24, 2.45) is 0 Å². The van der Waals surface area contributed by atoms with Gasteiger partial charge in [0.25, 0.3) is 0 Å². The highest BCUT2D eigenvalue weighted by molar-refractivity contribution is 7.89. The van der Waals surface area contributed by atoms with Crippen LogP contribution in [0.15, 0.2) is 71.6 Å². The van der Waals surface area contributed by atoms with Gasteiger partial charge in [0, 0.05) is 37.2 Å². The molecule has 0 saturated carbocycles. The first-order valence-corrected chi connectivity index (χ1v) is 12.9. The molecule has 0 radical (unpaired) electrons. The summed E-state index contributed by atoms with van der Waals surface area (Å²) in [5.74, 6) is 0.409. The number of imidazole rings is 1. The molecule has 5 rings (SSSR count). The lowest BCUT2D eigenvalue weighted by Gasteiger charge is -2.34. The highest BCUT2D eigenvalue weighted by atomic mass is 32.2. The second kappa shape index (κ2) is 9.29. The Morgan fingerprint density at radius 1 is 1.11 bits per heavy atom. The van der Waals surface area contributed by atoms with Crippen LogP contribution in [0.1, 0.15) is 28.8 Å². The smallest absolute Gasteiger partial charge is 0.432 e. The van der Waals surface area contributed by atoms with Crippen LogP contribution in [0.4, 0.5) is 18.9 Å². The van der Waals surface area contributed by atoms with Crippen molar-refractivity contribution >= 4 is 21.6 Å². The monoisotopic (exact) mass is 518 g/mol. The number of aromatic nitrogens is 2. The summed E-state index contributed by atoms with van der Waals surface area (Å²) in [6, 6.07) is 14.5. The summed E-state index contributed by atoms with van der Waals surface area (Å²) in [6.45, 7) is 1.41. The molecule has 7 nitrogen and oxygen atoms in total. The molecular weight excluding hydrogens is 493 g/mol. The molecule has 3 heterocycles. The molecule has 1 atom stereocenters. The van der Waals surface area contributed by atoms with Crippen molar-refractivity contribution in [1.82, 2.24) is 13.7 Å². The van der Waals surface area contributed by atoms with E-state index >= 15 is 0 Å². The number of oxazole rings is 1. The molecule has 11 heteroatoms. The van der Waals surface area contributed by atoms with Gasteiger partial charge in [-0.25, -0.2) is 8.42 Å². The zero-order valence-corrected chi connectivity index (χ0v) is 20.3. The summed E-state index contributed by atoms with van der Waals surface area (Å²) < 4.78 is 73.9. The highest BCUT2D eigenvalue weighted by Crippen LogP contribution is 2.37. The number of fused-ring (bicyclic) bond motifs is 2. The van der Waals surface area contributed by atoms with Crippen molar-refractivity contribution in [3.8, 4) is 0 Å². The van der Waals surface area contributed by atoms with Crippen LogP contribution >= 0.6 is 0 Å². The molecule has 0 fully saturated rings. The maximum absolute atomic E-state index is 13.7. The van der Waals surface area contributed by atoms with E-state index in [1.165, 1.54) is 6.26 Å². The molecule has 0 amide bonds. The number of nitrogens with zero attached hydrogens (tertiary/aromatic N) is 4. The summed E-state index contributed by atoms with van der Waals surface area (Å²) >= 11 is 0. The van der Waals surface area contributed by atoms with E-state index in [0.29, 0.717) is 39.9 Å². The number of sulfonamides is 1. The van der Waals surface area contributed by atoms with Crippen LogP contribution in [-0.2, 0) is 29.5 Å². The first-order valence-electron chi connectivity index (χ1n) is 11.5. The van der Waals surface area contributed by atoms with Gasteiger partial charge in [0.2, 0.25) is 0 Å². The van der Waals surface area contributed by atoms with E-state index < -0.39 is 21.6 Å². The van der Waals surface area contributed by atoms with Gasteiger partial charge in [-0.3, -0.25) is 4.40 Å². The van der Waals surface area contributed by atoms with E-state index in [1.54, 1.807) is 29.8 Å². The summed E-state index contributed by atoms with van der Waals surface area (Å²) in [4.78, 5) is 6.48. The molecule has 1 aliphatic rings. The normalized spacial score (nSPS) is 17.3. The van der Waals surface area contributed by atoms with E-state index in [0.717, 1.165) is 11.1 Å². The molecule has 1 aliphatic heterocycles.